The Morgan fingerprint density at radius 1 is 0.941 bits per heavy atom. The molecular weight excluding hydrogens is 212 g/mol. The fourth-order valence-electron chi connectivity index (χ4n) is 2.37. The zero-order valence-corrected chi connectivity index (χ0v) is 12.9. The monoisotopic (exact) mass is 242 g/mol. The van der Waals surface area contributed by atoms with Gasteiger partial charge in [0.15, 0.2) is 0 Å². The van der Waals surface area contributed by atoms with E-state index in [2.05, 4.69) is 25.7 Å². The average Bonchev–Trinajstić information content (AvgIpc) is 2.08. The van der Waals surface area contributed by atoms with Crippen LogP contribution in [0.15, 0.2) is 0 Å². The van der Waals surface area contributed by atoms with Gasteiger partial charge in [-0.1, -0.05) is 34.6 Å². The fourth-order valence-corrected chi connectivity index (χ4v) is 2.37. The maximum atomic E-state index is 12.4. The Balaban J connectivity index is 4.46. The second-order valence-corrected chi connectivity index (χ2v) is 7.15. The van der Waals surface area contributed by atoms with Gasteiger partial charge in [0.05, 0.1) is 0 Å². The summed E-state index contributed by atoms with van der Waals surface area (Å²) in [6, 6.07) is 0. The lowest BCUT2D eigenvalue weighted by Gasteiger charge is -2.34. The van der Waals surface area contributed by atoms with Gasteiger partial charge in [0, 0.05) is 25.6 Å². The van der Waals surface area contributed by atoms with E-state index in [0.717, 1.165) is 19.5 Å². The topological polar surface area (TPSA) is 23.6 Å². The van der Waals surface area contributed by atoms with Crippen LogP contribution < -0.4 is 0 Å². The molecule has 0 fully saturated rings. The van der Waals surface area contributed by atoms with Crippen LogP contribution in [0, 0.1) is 10.8 Å². The molecule has 0 atom stereocenters. The van der Waals surface area contributed by atoms with Crippen molar-refractivity contribution in [2.45, 2.75) is 41.0 Å². The minimum absolute atomic E-state index is 0.182. The van der Waals surface area contributed by atoms with Crippen molar-refractivity contribution in [3.8, 4) is 0 Å². The maximum Gasteiger partial charge on any atom is 0.228 e. The molecule has 17 heavy (non-hydrogen) atoms. The van der Waals surface area contributed by atoms with E-state index in [9.17, 15) is 4.79 Å². The first-order valence-electron chi connectivity index (χ1n) is 6.36. The van der Waals surface area contributed by atoms with E-state index in [1.54, 1.807) is 0 Å². The lowest BCUT2D eigenvalue weighted by Crippen LogP contribution is -2.42. The molecule has 0 aliphatic rings. The molecule has 0 saturated heterocycles. The van der Waals surface area contributed by atoms with Gasteiger partial charge in [-0.25, -0.2) is 0 Å². The van der Waals surface area contributed by atoms with Crippen molar-refractivity contribution in [3.63, 3.8) is 0 Å². The largest absolute Gasteiger partial charge is 0.344 e. The van der Waals surface area contributed by atoms with Crippen LogP contribution in [0.3, 0.4) is 0 Å². The molecule has 3 nitrogen and oxygen atoms in total. The third-order valence-corrected chi connectivity index (χ3v) is 2.78. The number of amides is 1. The van der Waals surface area contributed by atoms with E-state index in [1.807, 2.05) is 39.9 Å². The second-order valence-electron chi connectivity index (χ2n) is 7.15. The van der Waals surface area contributed by atoms with Gasteiger partial charge >= 0.3 is 0 Å². The summed E-state index contributed by atoms with van der Waals surface area (Å²) < 4.78 is 0. The van der Waals surface area contributed by atoms with Gasteiger partial charge < -0.3 is 9.80 Å². The van der Waals surface area contributed by atoms with Gasteiger partial charge in [-0.05, 0) is 25.9 Å². The molecule has 0 rings (SSSR count). The average molecular weight is 242 g/mol. The number of hydrogen-bond donors (Lipinski definition) is 0. The first-order valence-corrected chi connectivity index (χ1v) is 6.36. The number of carbonyl (C=O) groups is 1. The molecule has 0 aliphatic heterocycles. The molecule has 3 heteroatoms. The van der Waals surface area contributed by atoms with E-state index in [1.165, 1.54) is 0 Å². The van der Waals surface area contributed by atoms with Gasteiger partial charge in [-0.3, -0.25) is 4.79 Å². The van der Waals surface area contributed by atoms with Gasteiger partial charge in [0.2, 0.25) is 5.91 Å². The lowest BCUT2D eigenvalue weighted by molar-refractivity contribution is -0.140. The summed E-state index contributed by atoms with van der Waals surface area (Å²) >= 11 is 0. The SMILES string of the molecule is CN(C)CCN(C)C(=O)C(C)(C)CC(C)(C)C. The third kappa shape index (κ3) is 6.67. The zero-order valence-electron chi connectivity index (χ0n) is 12.9. The molecule has 0 unspecified atom stereocenters. The van der Waals surface area contributed by atoms with Crippen LogP contribution in [-0.2, 0) is 4.79 Å². The molecule has 0 aromatic carbocycles. The highest BCUT2D eigenvalue weighted by Crippen LogP contribution is 2.34. The van der Waals surface area contributed by atoms with Gasteiger partial charge in [-0.2, -0.15) is 0 Å². The minimum Gasteiger partial charge on any atom is -0.344 e. The van der Waals surface area contributed by atoms with E-state index in [0.29, 0.717) is 0 Å². The smallest absolute Gasteiger partial charge is 0.228 e. The molecule has 0 aliphatic carbocycles. The number of rotatable bonds is 5. The van der Waals surface area contributed by atoms with Crippen LogP contribution in [0.1, 0.15) is 41.0 Å². The summed E-state index contributed by atoms with van der Waals surface area (Å²) in [6.07, 6.45) is 0.908. The molecule has 0 heterocycles. The number of nitrogens with zero attached hydrogens (tertiary/aromatic N) is 2. The Morgan fingerprint density at radius 3 is 1.76 bits per heavy atom. The van der Waals surface area contributed by atoms with Crippen LogP contribution in [0.25, 0.3) is 0 Å². The second kappa shape index (κ2) is 5.85. The van der Waals surface area contributed by atoms with Crippen molar-refractivity contribution in [3.05, 3.63) is 0 Å². The highest BCUT2D eigenvalue weighted by Gasteiger charge is 2.34. The van der Waals surface area contributed by atoms with Crippen LogP contribution in [0.4, 0.5) is 0 Å². The third-order valence-electron chi connectivity index (χ3n) is 2.78. The van der Waals surface area contributed by atoms with Gasteiger partial charge in [-0.15, -0.1) is 0 Å². The van der Waals surface area contributed by atoms with Gasteiger partial charge in [0.1, 0.15) is 0 Å². The molecule has 0 spiro atoms. The molecule has 0 saturated carbocycles. The number of hydrogen-bond acceptors (Lipinski definition) is 2. The van der Waals surface area contributed by atoms with Crippen LogP contribution in [-0.4, -0.2) is 49.9 Å². The molecule has 0 radical (unpaired) electrons. The molecular formula is C14H30N2O. The van der Waals surface area contributed by atoms with E-state index in [-0.39, 0.29) is 16.7 Å². The molecule has 0 bridgehead atoms. The Kier molecular flexibility index (Phi) is 5.66. The number of likely N-dealkylation sites (N-methyl/N-ethyl adjacent to an activating group) is 2. The summed E-state index contributed by atoms with van der Waals surface area (Å²) in [6.45, 7) is 12.3. The van der Waals surface area contributed by atoms with Crippen molar-refractivity contribution in [1.29, 1.82) is 0 Å². The number of carbonyl (C=O) groups excluding carboxylic acids is 1. The van der Waals surface area contributed by atoms with Crippen LogP contribution in [0.2, 0.25) is 0 Å². The summed E-state index contributed by atoms with van der Waals surface area (Å²) in [4.78, 5) is 16.3. The highest BCUT2D eigenvalue weighted by atomic mass is 16.2. The first-order chi connectivity index (χ1) is 7.46. The van der Waals surface area contributed by atoms with Crippen LogP contribution >= 0.6 is 0 Å². The Bertz CT molecular complexity index is 251. The molecule has 0 N–H and O–H groups in total. The Morgan fingerprint density at radius 2 is 1.41 bits per heavy atom. The first kappa shape index (κ1) is 16.4. The van der Waals surface area contributed by atoms with Crippen molar-refractivity contribution >= 4 is 5.91 Å². The summed E-state index contributed by atoms with van der Waals surface area (Å²) in [5.74, 6) is 0.245. The molecule has 0 aromatic heterocycles. The van der Waals surface area contributed by atoms with E-state index < -0.39 is 0 Å². The predicted octanol–water partition coefficient (Wildman–Crippen LogP) is 2.47. The minimum atomic E-state index is -0.278. The summed E-state index contributed by atoms with van der Waals surface area (Å²) in [5.41, 5.74) is -0.0964. The van der Waals surface area contributed by atoms with Crippen molar-refractivity contribution in [2.75, 3.05) is 34.2 Å². The molecule has 0 aromatic rings. The highest BCUT2D eigenvalue weighted by molar-refractivity contribution is 5.81. The Labute approximate surface area is 107 Å². The maximum absolute atomic E-state index is 12.4. The van der Waals surface area contributed by atoms with Gasteiger partial charge in [0.25, 0.3) is 0 Å². The molecule has 102 valence electrons. The zero-order chi connectivity index (χ0) is 13.9. The predicted molar refractivity (Wildman–Crippen MR) is 74.0 cm³/mol. The quantitative estimate of drug-likeness (QED) is 0.739. The van der Waals surface area contributed by atoms with Crippen LogP contribution in [0.5, 0.6) is 0 Å². The van der Waals surface area contributed by atoms with Crippen molar-refractivity contribution < 1.29 is 4.79 Å². The summed E-state index contributed by atoms with van der Waals surface area (Å²) in [5, 5.41) is 0. The molecule has 1 amide bonds. The van der Waals surface area contributed by atoms with Crippen molar-refractivity contribution in [1.82, 2.24) is 9.80 Å². The standard InChI is InChI=1S/C14H30N2O/c1-13(2,3)11-14(4,5)12(17)16(8)10-9-15(6)7/h9-11H2,1-8H3. The normalized spacial score (nSPS) is 13.0. The summed E-state index contributed by atoms with van der Waals surface area (Å²) in [7, 11) is 5.95. The van der Waals surface area contributed by atoms with E-state index in [4.69, 9.17) is 0 Å². The van der Waals surface area contributed by atoms with Crippen molar-refractivity contribution in [2.24, 2.45) is 10.8 Å². The van der Waals surface area contributed by atoms with E-state index >= 15 is 0 Å². The Hall–Kier alpha value is -0.570. The fraction of sp³-hybridized carbons (Fsp3) is 0.929. The lowest BCUT2D eigenvalue weighted by atomic mass is 9.75.